The third-order valence-electron chi connectivity index (χ3n) is 3.41. The molecule has 0 amide bonds. The second-order valence-electron chi connectivity index (χ2n) is 5.08. The van der Waals surface area contributed by atoms with Crippen LogP contribution in [-0.2, 0) is 6.18 Å². The molecule has 130 valence electrons. The molecule has 0 unspecified atom stereocenters. The van der Waals surface area contributed by atoms with Crippen LogP contribution < -0.4 is 10.1 Å². The predicted octanol–water partition coefficient (Wildman–Crippen LogP) is 3.47. The van der Waals surface area contributed by atoms with E-state index in [1.54, 1.807) is 6.92 Å². The van der Waals surface area contributed by atoms with Gasteiger partial charge in [0.05, 0.1) is 17.9 Å². The van der Waals surface area contributed by atoms with E-state index in [1.165, 1.54) is 0 Å². The molecule has 0 bridgehead atoms. The Bertz CT molecular complexity index is 866. The van der Waals surface area contributed by atoms with Gasteiger partial charge in [-0.3, -0.25) is 9.59 Å². The Morgan fingerprint density at radius 2 is 1.88 bits per heavy atom. The molecule has 6 nitrogen and oxygen atoms in total. The third-order valence-corrected chi connectivity index (χ3v) is 3.41. The number of Topliss-reactive ketones (excluding diaryl/α,β-unsaturated/α-hetero) is 1. The van der Waals surface area contributed by atoms with Crippen molar-refractivity contribution < 1.29 is 32.0 Å². The molecule has 1 aromatic carbocycles. The van der Waals surface area contributed by atoms with E-state index in [0.717, 1.165) is 30.3 Å². The minimum Gasteiger partial charge on any atom is -0.464 e. The van der Waals surface area contributed by atoms with Crippen molar-refractivity contribution in [2.75, 3.05) is 11.9 Å². The van der Waals surface area contributed by atoms with E-state index in [0.29, 0.717) is 0 Å². The Labute approximate surface area is 139 Å². The van der Waals surface area contributed by atoms with Crippen LogP contribution in [0.3, 0.4) is 0 Å². The average molecular weight is 352 g/mol. The van der Waals surface area contributed by atoms with Gasteiger partial charge in [0.15, 0.2) is 5.69 Å². The normalized spacial score (nSPS) is 14.2. The van der Waals surface area contributed by atoms with Crippen molar-refractivity contribution in [2.24, 2.45) is 0 Å². The monoisotopic (exact) mass is 352 g/mol. The Kier molecular flexibility index (Phi) is 4.07. The smallest absolute Gasteiger partial charge is 0.416 e. The van der Waals surface area contributed by atoms with Gasteiger partial charge in [0, 0.05) is 11.8 Å². The first-order valence-corrected chi connectivity index (χ1v) is 7.18. The van der Waals surface area contributed by atoms with Crippen molar-refractivity contribution in [3.63, 3.8) is 0 Å². The minimum absolute atomic E-state index is 0.108. The number of fused-ring (bicyclic) bond motifs is 1. The summed E-state index contributed by atoms with van der Waals surface area (Å²) in [6, 6.07) is 4.06. The number of ketones is 2. The lowest BCUT2D eigenvalue weighted by molar-refractivity contribution is -0.137. The lowest BCUT2D eigenvalue weighted by atomic mass is 9.99. The second kappa shape index (κ2) is 6.08. The number of nitrogens with one attached hydrogen (secondary N) is 1. The number of benzene rings is 1. The van der Waals surface area contributed by atoms with Gasteiger partial charge < -0.3 is 14.6 Å². The SMILES string of the molecule is CCOc1onc2c1C(=O)C(Nc1ccc(C(F)(F)F)cc1)=CC2=O. The molecule has 1 aliphatic rings. The summed E-state index contributed by atoms with van der Waals surface area (Å²) in [5, 5.41) is 6.16. The molecule has 1 aliphatic carbocycles. The zero-order chi connectivity index (χ0) is 18.2. The number of allylic oxidation sites excluding steroid dienone is 2. The fourth-order valence-corrected chi connectivity index (χ4v) is 2.26. The standard InChI is InChI=1S/C16H11F3N2O4/c1-2-24-15-12-13(21-25-15)11(22)7-10(14(12)23)20-9-5-3-8(4-6-9)16(17,18)19/h3-7,20H,2H2,1H3. The summed E-state index contributed by atoms with van der Waals surface area (Å²) < 4.78 is 47.7. The average Bonchev–Trinajstić information content (AvgIpc) is 2.97. The Hall–Kier alpha value is -3.10. The predicted molar refractivity (Wildman–Crippen MR) is 79.5 cm³/mol. The summed E-state index contributed by atoms with van der Waals surface area (Å²) in [6.07, 6.45) is -3.45. The zero-order valence-electron chi connectivity index (χ0n) is 12.8. The molecule has 0 fully saturated rings. The van der Waals surface area contributed by atoms with E-state index >= 15 is 0 Å². The maximum absolute atomic E-state index is 12.6. The molecule has 0 spiro atoms. The number of anilines is 1. The van der Waals surface area contributed by atoms with Gasteiger partial charge in [0.1, 0.15) is 5.56 Å². The van der Waals surface area contributed by atoms with Gasteiger partial charge in [-0.15, -0.1) is 0 Å². The highest BCUT2D eigenvalue weighted by molar-refractivity contribution is 6.25. The molecule has 3 rings (SSSR count). The van der Waals surface area contributed by atoms with E-state index in [1.807, 2.05) is 0 Å². The molecule has 1 N–H and O–H groups in total. The highest BCUT2D eigenvalue weighted by Gasteiger charge is 2.35. The highest BCUT2D eigenvalue weighted by atomic mass is 19.4. The molecule has 25 heavy (non-hydrogen) atoms. The number of hydrogen-bond acceptors (Lipinski definition) is 6. The summed E-state index contributed by atoms with van der Waals surface area (Å²) in [4.78, 5) is 24.5. The molecule has 0 saturated carbocycles. The molecule has 9 heteroatoms. The van der Waals surface area contributed by atoms with Crippen LogP contribution in [0.2, 0.25) is 0 Å². The number of aromatic nitrogens is 1. The van der Waals surface area contributed by atoms with Gasteiger partial charge in [-0.05, 0) is 31.2 Å². The summed E-state index contributed by atoms with van der Waals surface area (Å²) in [5.74, 6) is -1.34. The zero-order valence-corrected chi connectivity index (χ0v) is 12.8. The van der Waals surface area contributed by atoms with Gasteiger partial charge in [0.25, 0.3) is 0 Å². The van der Waals surface area contributed by atoms with Crippen LogP contribution >= 0.6 is 0 Å². The summed E-state index contributed by atoms with van der Waals surface area (Å²) in [5.41, 5.74) is -0.979. The van der Waals surface area contributed by atoms with Crippen LogP contribution in [0.15, 0.2) is 40.6 Å². The third kappa shape index (κ3) is 3.12. The van der Waals surface area contributed by atoms with Gasteiger partial charge in [-0.25, -0.2) is 0 Å². The number of halogens is 3. The molecule has 0 atom stereocenters. The lowest BCUT2D eigenvalue weighted by Crippen LogP contribution is -2.21. The van der Waals surface area contributed by atoms with Gasteiger partial charge in [-0.2, -0.15) is 13.2 Å². The summed E-state index contributed by atoms with van der Waals surface area (Å²) in [7, 11) is 0. The maximum Gasteiger partial charge on any atom is 0.416 e. The molecule has 1 heterocycles. The van der Waals surface area contributed by atoms with Crippen molar-refractivity contribution in [3.8, 4) is 5.95 Å². The van der Waals surface area contributed by atoms with E-state index in [-0.39, 0.29) is 35.2 Å². The quantitative estimate of drug-likeness (QED) is 0.907. The lowest BCUT2D eigenvalue weighted by Gasteiger charge is -2.14. The molecule has 0 saturated heterocycles. The minimum atomic E-state index is -4.46. The molecule has 1 aromatic heterocycles. The van der Waals surface area contributed by atoms with Crippen molar-refractivity contribution >= 4 is 17.3 Å². The maximum atomic E-state index is 12.6. The summed E-state index contributed by atoms with van der Waals surface area (Å²) in [6.45, 7) is 1.87. The number of hydrogen-bond donors (Lipinski definition) is 1. The van der Waals surface area contributed by atoms with Gasteiger partial charge in [-0.1, -0.05) is 5.16 Å². The number of rotatable bonds is 4. The van der Waals surface area contributed by atoms with Crippen LogP contribution in [0.25, 0.3) is 0 Å². The summed E-state index contributed by atoms with van der Waals surface area (Å²) >= 11 is 0. The van der Waals surface area contributed by atoms with E-state index in [2.05, 4.69) is 10.5 Å². The van der Waals surface area contributed by atoms with Gasteiger partial charge >= 0.3 is 12.1 Å². The van der Waals surface area contributed by atoms with Crippen molar-refractivity contribution in [1.82, 2.24) is 5.16 Å². The molecule has 0 aliphatic heterocycles. The molecular formula is C16H11F3N2O4. The number of carbonyl (C=O) groups excluding carboxylic acids is 2. The topological polar surface area (TPSA) is 81.4 Å². The first kappa shape index (κ1) is 16.7. The van der Waals surface area contributed by atoms with Crippen LogP contribution in [0, 0.1) is 0 Å². The number of alkyl halides is 3. The molecule has 2 aromatic rings. The first-order chi connectivity index (χ1) is 11.8. The van der Waals surface area contributed by atoms with Crippen molar-refractivity contribution in [2.45, 2.75) is 13.1 Å². The van der Waals surface area contributed by atoms with Crippen LogP contribution in [0.5, 0.6) is 5.95 Å². The van der Waals surface area contributed by atoms with Crippen LogP contribution in [0.1, 0.15) is 33.3 Å². The first-order valence-electron chi connectivity index (χ1n) is 7.18. The van der Waals surface area contributed by atoms with E-state index in [4.69, 9.17) is 9.26 Å². The van der Waals surface area contributed by atoms with Crippen LogP contribution in [0.4, 0.5) is 18.9 Å². The van der Waals surface area contributed by atoms with Crippen LogP contribution in [-0.4, -0.2) is 23.3 Å². The second-order valence-corrected chi connectivity index (χ2v) is 5.08. The number of ether oxygens (including phenoxy) is 1. The molecular weight excluding hydrogens is 341 g/mol. The number of nitrogens with zero attached hydrogens (tertiary/aromatic N) is 1. The number of carbonyl (C=O) groups is 2. The highest BCUT2D eigenvalue weighted by Crippen LogP contribution is 2.32. The largest absolute Gasteiger partial charge is 0.464 e. The fourth-order valence-electron chi connectivity index (χ4n) is 2.26. The van der Waals surface area contributed by atoms with E-state index in [9.17, 15) is 22.8 Å². The van der Waals surface area contributed by atoms with Gasteiger partial charge in [0.2, 0.25) is 11.6 Å². The molecule has 0 radical (unpaired) electrons. The Balaban J connectivity index is 1.87. The Morgan fingerprint density at radius 1 is 1.20 bits per heavy atom. The Morgan fingerprint density at radius 3 is 2.48 bits per heavy atom. The van der Waals surface area contributed by atoms with Crippen molar-refractivity contribution in [1.29, 1.82) is 0 Å². The van der Waals surface area contributed by atoms with Crippen molar-refractivity contribution in [3.05, 3.63) is 52.9 Å². The van der Waals surface area contributed by atoms with E-state index < -0.39 is 23.3 Å². The fraction of sp³-hybridized carbons (Fsp3) is 0.188.